The van der Waals surface area contributed by atoms with Crippen LogP contribution in [0.4, 0.5) is 5.00 Å². The SMILES string of the molecule is CCOC(=O)c1c(NC(=O)c2c(Cl)cccc2Cl)sc2c1CCC(C(C)(C)C)C2. The van der Waals surface area contributed by atoms with Gasteiger partial charge in [-0.25, -0.2) is 4.79 Å². The van der Waals surface area contributed by atoms with E-state index in [4.69, 9.17) is 27.9 Å². The van der Waals surface area contributed by atoms with Gasteiger partial charge in [0, 0.05) is 4.88 Å². The van der Waals surface area contributed by atoms with Gasteiger partial charge >= 0.3 is 5.97 Å². The monoisotopic (exact) mass is 453 g/mol. The molecule has 0 bridgehead atoms. The van der Waals surface area contributed by atoms with Crippen molar-refractivity contribution in [2.45, 2.75) is 47.0 Å². The highest BCUT2D eigenvalue weighted by Gasteiger charge is 2.34. The first-order chi connectivity index (χ1) is 13.6. The number of anilines is 1. The van der Waals surface area contributed by atoms with E-state index in [0.29, 0.717) is 16.5 Å². The zero-order valence-corrected chi connectivity index (χ0v) is 19.4. The van der Waals surface area contributed by atoms with E-state index >= 15 is 0 Å². The van der Waals surface area contributed by atoms with Crippen LogP contribution in [0.3, 0.4) is 0 Å². The van der Waals surface area contributed by atoms with Crippen LogP contribution in [0.1, 0.15) is 65.3 Å². The van der Waals surface area contributed by atoms with E-state index in [0.717, 1.165) is 29.7 Å². The molecule has 1 aliphatic carbocycles. The van der Waals surface area contributed by atoms with Crippen molar-refractivity contribution in [1.29, 1.82) is 0 Å². The van der Waals surface area contributed by atoms with Gasteiger partial charge in [0.15, 0.2) is 0 Å². The number of halogens is 2. The summed E-state index contributed by atoms with van der Waals surface area (Å²) in [6.07, 6.45) is 2.69. The molecule has 1 unspecified atom stereocenters. The molecule has 0 saturated carbocycles. The van der Waals surface area contributed by atoms with Crippen molar-refractivity contribution in [3.8, 4) is 0 Å². The Labute approximate surface area is 185 Å². The molecule has 0 saturated heterocycles. The van der Waals surface area contributed by atoms with Gasteiger partial charge in [-0.1, -0.05) is 50.0 Å². The van der Waals surface area contributed by atoms with Crippen molar-refractivity contribution in [3.05, 3.63) is 49.8 Å². The van der Waals surface area contributed by atoms with Crippen LogP contribution in [0.25, 0.3) is 0 Å². The average molecular weight is 454 g/mol. The fourth-order valence-electron chi connectivity index (χ4n) is 3.71. The second kappa shape index (κ2) is 8.66. The molecule has 0 aliphatic heterocycles. The van der Waals surface area contributed by atoms with Crippen molar-refractivity contribution in [2.75, 3.05) is 11.9 Å². The predicted molar refractivity (Wildman–Crippen MR) is 120 cm³/mol. The zero-order chi connectivity index (χ0) is 21.3. The summed E-state index contributed by atoms with van der Waals surface area (Å²) in [6.45, 7) is 8.77. The number of thiophene rings is 1. The van der Waals surface area contributed by atoms with Crippen LogP contribution in [0.15, 0.2) is 18.2 Å². The summed E-state index contributed by atoms with van der Waals surface area (Å²) in [5, 5.41) is 3.90. The Morgan fingerprint density at radius 2 is 1.86 bits per heavy atom. The maximum atomic E-state index is 12.9. The summed E-state index contributed by atoms with van der Waals surface area (Å²) in [4.78, 5) is 26.7. The second-order valence-corrected chi connectivity index (χ2v) is 10.2. The molecular weight excluding hydrogens is 429 g/mol. The number of carbonyl (C=O) groups is 2. The molecule has 0 radical (unpaired) electrons. The van der Waals surface area contributed by atoms with Crippen LogP contribution in [0.2, 0.25) is 10.0 Å². The van der Waals surface area contributed by atoms with E-state index < -0.39 is 11.9 Å². The predicted octanol–water partition coefficient (Wildman–Crippen LogP) is 6.63. The van der Waals surface area contributed by atoms with E-state index in [1.54, 1.807) is 25.1 Å². The Balaban J connectivity index is 1.99. The summed E-state index contributed by atoms with van der Waals surface area (Å²) in [7, 11) is 0. The Hall–Kier alpha value is -1.56. The van der Waals surface area contributed by atoms with Gasteiger partial charge in [0.1, 0.15) is 5.00 Å². The summed E-state index contributed by atoms with van der Waals surface area (Å²) in [5.41, 5.74) is 1.84. The number of nitrogens with one attached hydrogen (secondary N) is 1. The maximum absolute atomic E-state index is 12.9. The average Bonchev–Trinajstić information content (AvgIpc) is 2.97. The van der Waals surface area contributed by atoms with Crippen molar-refractivity contribution >= 4 is 51.4 Å². The van der Waals surface area contributed by atoms with Crippen LogP contribution in [-0.4, -0.2) is 18.5 Å². The summed E-state index contributed by atoms with van der Waals surface area (Å²) < 4.78 is 5.29. The number of amides is 1. The van der Waals surface area contributed by atoms with E-state index in [2.05, 4.69) is 26.1 Å². The molecule has 29 heavy (non-hydrogen) atoms. The minimum absolute atomic E-state index is 0.181. The molecule has 2 aromatic rings. The highest BCUT2D eigenvalue weighted by atomic mass is 35.5. The molecule has 3 rings (SSSR count). The normalized spacial score (nSPS) is 16.3. The quantitative estimate of drug-likeness (QED) is 0.528. The molecule has 156 valence electrons. The Bertz CT molecular complexity index is 926. The van der Waals surface area contributed by atoms with Crippen LogP contribution in [0, 0.1) is 11.3 Å². The minimum atomic E-state index is -0.433. The molecule has 1 aromatic carbocycles. The van der Waals surface area contributed by atoms with Gasteiger partial charge in [-0.15, -0.1) is 11.3 Å². The molecule has 0 spiro atoms. The Kier molecular flexibility index (Phi) is 6.61. The van der Waals surface area contributed by atoms with Crippen LogP contribution >= 0.6 is 34.5 Å². The molecular formula is C22H25Cl2NO3S. The van der Waals surface area contributed by atoms with Gasteiger partial charge in [-0.2, -0.15) is 0 Å². The lowest BCUT2D eigenvalue weighted by Gasteiger charge is -2.33. The van der Waals surface area contributed by atoms with Crippen LogP contribution in [0.5, 0.6) is 0 Å². The number of hydrogen-bond acceptors (Lipinski definition) is 4. The minimum Gasteiger partial charge on any atom is -0.462 e. The molecule has 1 N–H and O–H groups in total. The van der Waals surface area contributed by atoms with E-state index in [-0.39, 0.29) is 27.6 Å². The zero-order valence-electron chi connectivity index (χ0n) is 17.0. The highest BCUT2D eigenvalue weighted by Crippen LogP contribution is 2.44. The molecule has 4 nitrogen and oxygen atoms in total. The number of rotatable bonds is 4. The molecule has 1 aliphatic rings. The maximum Gasteiger partial charge on any atom is 0.341 e. The van der Waals surface area contributed by atoms with E-state index in [1.165, 1.54) is 11.3 Å². The van der Waals surface area contributed by atoms with Crippen LogP contribution < -0.4 is 5.32 Å². The van der Waals surface area contributed by atoms with Crippen molar-refractivity contribution in [2.24, 2.45) is 11.3 Å². The lowest BCUT2D eigenvalue weighted by atomic mass is 9.72. The standard InChI is InChI=1S/C22H25Cl2NO3S/c1-5-28-21(27)17-13-10-9-12(22(2,3)4)11-16(13)29-20(17)25-19(26)18-14(23)7-6-8-15(18)24/h6-8,12H,5,9-11H2,1-4H3,(H,25,26). The van der Waals surface area contributed by atoms with Gasteiger partial charge in [0.25, 0.3) is 5.91 Å². The number of fused-ring (bicyclic) bond motifs is 1. The molecule has 7 heteroatoms. The lowest BCUT2D eigenvalue weighted by Crippen LogP contribution is -2.26. The molecule has 1 amide bonds. The Morgan fingerprint density at radius 3 is 2.45 bits per heavy atom. The third-order valence-corrected chi connectivity index (χ3v) is 7.19. The van der Waals surface area contributed by atoms with E-state index in [9.17, 15) is 9.59 Å². The van der Waals surface area contributed by atoms with Gasteiger partial charge < -0.3 is 10.1 Å². The second-order valence-electron chi connectivity index (χ2n) is 8.28. The smallest absolute Gasteiger partial charge is 0.341 e. The fourth-order valence-corrected chi connectivity index (χ4v) is 5.59. The first kappa shape index (κ1) is 22.1. The van der Waals surface area contributed by atoms with Crippen molar-refractivity contribution in [3.63, 3.8) is 0 Å². The number of hydrogen-bond donors (Lipinski definition) is 1. The summed E-state index contributed by atoms with van der Waals surface area (Å²) in [5.74, 6) is -0.317. The fraction of sp³-hybridized carbons (Fsp3) is 0.455. The topological polar surface area (TPSA) is 55.4 Å². The first-order valence-corrected chi connectivity index (χ1v) is 11.3. The Morgan fingerprint density at radius 1 is 1.21 bits per heavy atom. The highest BCUT2D eigenvalue weighted by molar-refractivity contribution is 7.17. The number of benzene rings is 1. The lowest BCUT2D eigenvalue weighted by molar-refractivity contribution is 0.0526. The molecule has 1 atom stereocenters. The largest absolute Gasteiger partial charge is 0.462 e. The van der Waals surface area contributed by atoms with Gasteiger partial charge in [0.2, 0.25) is 0 Å². The number of ether oxygens (including phenoxy) is 1. The molecule has 1 heterocycles. The molecule has 1 aromatic heterocycles. The van der Waals surface area contributed by atoms with E-state index in [1.807, 2.05) is 0 Å². The third kappa shape index (κ3) is 4.62. The molecule has 0 fully saturated rings. The first-order valence-electron chi connectivity index (χ1n) is 9.70. The number of esters is 1. The number of carbonyl (C=O) groups excluding carboxylic acids is 2. The summed E-state index contributed by atoms with van der Waals surface area (Å²) >= 11 is 13.8. The van der Waals surface area contributed by atoms with Crippen LogP contribution in [-0.2, 0) is 17.6 Å². The van der Waals surface area contributed by atoms with Crippen molar-refractivity contribution in [1.82, 2.24) is 0 Å². The van der Waals surface area contributed by atoms with Gasteiger partial charge in [-0.3, -0.25) is 4.79 Å². The van der Waals surface area contributed by atoms with Crippen molar-refractivity contribution < 1.29 is 14.3 Å². The van der Waals surface area contributed by atoms with Gasteiger partial charge in [-0.05, 0) is 55.2 Å². The summed E-state index contributed by atoms with van der Waals surface area (Å²) in [6, 6.07) is 4.91. The van der Waals surface area contributed by atoms with Gasteiger partial charge in [0.05, 0.1) is 27.8 Å². The third-order valence-electron chi connectivity index (χ3n) is 5.39.